The summed E-state index contributed by atoms with van der Waals surface area (Å²) in [5.74, 6) is 2.19. The van der Waals surface area contributed by atoms with Gasteiger partial charge in [0.2, 0.25) is 0 Å². The quantitative estimate of drug-likeness (QED) is 0.841. The molecule has 0 aromatic carbocycles. The van der Waals surface area contributed by atoms with Gasteiger partial charge in [0.05, 0.1) is 18.2 Å². The number of pyridine rings is 1. The first-order valence-corrected chi connectivity index (χ1v) is 7.79. The maximum atomic E-state index is 12.7. The van der Waals surface area contributed by atoms with Crippen molar-refractivity contribution >= 4 is 5.91 Å². The fraction of sp³-hybridized carbons (Fsp3) is 0.438. The molecule has 0 saturated heterocycles. The Morgan fingerprint density at radius 1 is 1.35 bits per heavy atom. The number of carbonyl (C=O) groups is 1. The van der Waals surface area contributed by atoms with Gasteiger partial charge in [-0.1, -0.05) is 0 Å². The number of nitrogens with zero attached hydrogens (tertiary/aromatic N) is 6. The lowest BCUT2D eigenvalue weighted by atomic mass is 10.1. The van der Waals surface area contributed by atoms with Gasteiger partial charge in [0.15, 0.2) is 5.82 Å². The zero-order valence-corrected chi connectivity index (χ0v) is 12.8. The normalized spacial score (nSPS) is 20.0. The number of hydrogen-bond acceptors (Lipinski definition) is 5. The second-order valence-corrected chi connectivity index (χ2v) is 6.04. The molecule has 116 valence electrons. The van der Waals surface area contributed by atoms with Crippen molar-refractivity contribution in [3.8, 4) is 6.07 Å². The van der Waals surface area contributed by atoms with Gasteiger partial charge < -0.3 is 4.90 Å². The van der Waals surface area contributed by atoms with Crippen LogP contribution in [-0.4, -0.2) is 37.1 Å². The maximum Gasteiger partial charge on any atom is 0.256 e. The molecule has 1 saturated carbocycles. The standard InChI is InChI=1S/C16H16N6O/c1-10-15-19-14(11-2-3-11)20-22(15)7-6-21(10)16(23)12-4-5-13(8-17)18-9-12/h4-5,9-11H,2-3,6-7H2,1H3/t10-/m1/s1. The third-order valence-electron chi connectivity index (χ3n) is 4.44. The molecule has 2 aromatic heterocycles. The number of carbonyl (C=O) groups excluding carboxylic acids is 1. The van der Waals surface area contributed by atoms with E-state index in [0.29, 0.717) is 30.3 Å². The SMILES string of the molecule is C[C@@H]1c2nc(C3CC3)nn2CCN1C(=O)c1ccc(C#N)nc1. The van der Waals surface area contributed by atoms with Gasteiger partial charge in [-0.3, -0.25) is 4.79 Å². The van der Waals surface area contributed by atoms with Crippen molar-refractivity contribution in [2.24, 2.45) is 0 Å². The molecule has 4 rings (SSSR count). The number of nitriles is 1. The second kappa shape index (κ2) is 5.16. The Morgan fingerprint density at radius 3 is 2.83 bits per heavy atom. The highest BCUT2D eigenvalue weighted by atomic mass is 16.2. The topological polar surface area (TPSA) is 87.7 Å². The average Bonchev–Trinajstić information content (AvgIpc) is 3.34. The first kappa shape index (κ1) is 13.9. The molecule has 0 radical (unpaired) electrons. The van der Waals surface area contributed by atoms with E-state index in [1.54, 1.807) is 17.0 Å². The van der Waals surface area contributed by atoms with Crippen LogP contribution in [0.3, 0.4) is 0 Å². The van der Waals surface area contributed by atoms with E-state index in [-0.39, 0.29) is 11.9 Å². The van der Waals surface area contributed by atoms with E-state index in [4.69, 9.17) is 5.26 Å². The summed E-state index contributed by atoms with van der Waals surface area (Å²) in [7, 11) is 0. The van der Waals surface area contributed by atoms with Crippen molar-refractivity contribution in [2.75, 3.05) is 6.54 Å². The molecular formula is C16H16N6O. The van der Waals surface area contributed by atoms with Crippen LogP contribution in [0.1, 0.15) is 59.4 Å². The molecule has 1 aliphatic heterocycles. The Balaban J connectivity index is 1.59. The molecule has 2 aliphatic rings. The monoisotopic (exact) mass is 308 g/mol. The van der Waals surface area contributed by atoms with E-state index in [1.807, 2.05) is 17.7 Å². The van der Waals surface area contributed by atoms with E-state index in [0.717, 1.165) is 24.5 Å². The Hall–Kier alpha value is -2.75. The van der Waals surface area contributed by atoms with Gasteiger partial charge in [0.1, 0.15) is 17.6 Å². The molecule has 1 amide bonds. The zero-order chi connectivity index (χ0) is 16.0. The summed E-state index contributed by atoms with van der Waals surface area (Å²) in [5, 5.41) is 13.4. The Bertz CT molecular complexity index is 799. The van der Waals surface area contributed by atoms with Gasteiger partial charge in [0, 0.05) is 18.7 Å². The maximum absolute atomic E-state index is 12.7. The van der Waals surface area contributed by atoms with Crippen molar-refractivity contribution in [2.45, 2.75) is 38.3 Å². The molecule has 0 unspecified atom stereocenters. The molecule has 7 heteroatoms. The van der Waals surface area contributed by atoms with Gasteiger partial charge in [-0.15, -0.1) is 0 Å². The number of hydrogen-bond donors (Lipinski definition) is 0. The van der Waals surface area contributed by atoms with Crippen LogP contribution in [0.2, 0.25) is 0 Å². The van der Waals surface area contributed by atoms with Crippen LogP contribution in [0.4, 0.5) is 0 Å². The lowest BCUT2D eigenvalue weighted by Gasteiger charge is -2.32. The minimum atomic E-state index is -0.119. The van der Waals surface area contributed by atoms with Gasteiger partial charge >= 0.3 is 0 Å². The fourth-order valence-corrected chi connectivity index (χ4v) is 2.93. The smallest absolute Gasteiger partial charge is 0.256 e. The van der Waals surface area contributed by atoms with E-state index in [2.05, 4.69) is 15.1 Å². The van der Waals surface area contributed by atoms with E-state index in [1.165, 1.54) is 6.20 Å². The van der Waals surface area contributed by atoms with Crippen LogP contribution < -0.4 is 0 Å². The van der Waals surface area contributed by atoms with Gasteiger partial charge in [-0.25, -0.2) is 14.6 Å². The molecule has 3 heterocycles. The summed E-state index contributed by atoms with van der Waals surface area (Å²) in [6.45, 7) is 3.24. The number of rotatable bonds is 2. The van der Waals surface area contributed by atoms with Crippen LogP contribution in [0, 0.1) is 11.3 Å². The van der Waals surface area contributed by atoms with Crippen molar-refractivity contribution in [1.29, 1.82) is 5.26 Å². The third kappa shape index (κ3) is 2.36. The van der Waals surface area contributed by atoms with Crippen LogP contribution in [0.15, 0.2) is 18.3 Å². The molecular weight excluding hydrogens is 292 g/mol. The summed E-state index contributed by atoms with van der Waals surface area (Å²) in [4.78, 5) is 23.1. The predicted octanol–water partition coefficient (Wildman–Crippen LogP) is 1.64. The van der Waals surface area contributed by atoms with Crippen LogP contribution >= 0.6 is 0 Å². The predicted molar refractivity (Wildman–Crippen MR) is 80.4 cm³/mol. The molecule has 2 aromatic rings. The highest BCUT2D eigenvalue weighted by Crippen LogP contribution is 2.39. The number of fused-ring (bicyclic) bond motifs is 1. The molecule has 7 nitrogen and oxygen atoms in total. The van der Waals surface area contributed by atoms with Crippen LogP contribution in [0.25, 0.3) is 0 Å². The van der Waals surface area contributed by atoms with Gasteiger partial charge in [0.25, 0.3) is 5.91 Å². The van der Waals surface area contributed by atoms with Crippen molar-refractivity contribution in [3.63, 3.8) is 0 Å². The zero-order valence-electron chi connectivity index (χ0n) is 12.8. The van der Waals surface area contributed by atoms with Gasteiger partial charge in [-0.05, 0) is 31.9 Å². The van der Waals surface area contributed by atoms with E-state index in [9.17, 15) is 4.79 Å². The lowest BCUT2D eigenvalue weighted by Crippen LogP contribution is -2.41. The fourth-order valence-electron chi connectivity index (χ4n) is 2.93. The van der Waals surface area contributed by atoms with Crippen LogP contribution in [0.5, 0.6) is 0 Å². The summed E-state index contributed by atoms with van der Waals surface area (Å²) in [6, 6.07) is 5.05. The summed E-state index contributed by atoms with van der Waals surface area (Å²) < 4.78 is 1.93. The lowest BCUT2D eigenvalue weighted by molar-refractivity contribution is 0.0630. The Labute approximate surface area is 133 Å². The van der Waals surface area contributed by atoms with Crippen LogP contribution in [-0.2, 0) is 6.54 Å². The highest BCUT2D eigenvalue weighted by Gasteiger charge is 2.34. The van der Waals surface area contributed by atoms with Gasteiger partial charge in [-0.2, -0.15) is 10.4 Å². The highest BCUT2D eigenvalue weighted by molar-refractivity contribution is 5.94. The van der Waals surface area contributed by atoms with Crippen molar-refractivity contribution in [3.05, 3.63) is 41.2 Å². The first-order chi connectivity index (χ1) is 11.2. The summed E-state index contributed by atoms with van der Waals surface area (Å²) >= 11 is 0. The van der Waals surface area contributed by atoms with E-state index >= 15 is 0 Å². The summed E-state index contributed by atoms with van der Waals surface area (Å²) in [6.07, 6.45) is 3.79. The molecule has 0 N–H and O–H groups in total. The Kier molecular flexibility index (Phi) is 3.11. The molecule has 1 atom stereocenters. The minimum absolute atomic E-state index is 0.0864. The molecule has 1 aliphatic carbocycles. The molecule has 0 spiro atoms. The van der Waals surface area contributed by atoms with Crippen molar-refractivity contribution in [1.82, 2.24) is 24.6 Å². The molecule has 1 fully saturated rings. The second-order valence-electron chi connectivity index (χ2n) is 6.04. The number of amides is 1. The molecule has 23 heavy (non-hydrogen) atoms. The molecule has 0 bridgehead atoms. The first-order valence-electron chi connectivity index (χ1n) is 7.79. The Morgan fingerprint density at radius 2 is 2.17 bits per heavy atom. The average molecular weight is 308 g/mol. The largest absolute Gasteiger partial charge is 0.327 e. The van der Waals surface area contributed by atoms with Crippen molar-refractivity contribution < 1.29 is 4.79 Å². The minimum Gasteiger partial charge on any atom is -0.327 e. The van der Waals surface area contributed by atoms with E-state index < -0.39 is 0 Å². The summed E-state index contributed by atoms with van der Waals surface area (Å²) in [5.41, 5.74) is 0.799. The number of aromatic nitrogens is 4. The third-order valence-corrected chi connectivity index (χ3v) is 4.44.